The van der Waals surface area contributed by atoms with Crippen LogP contribution in [0.4, 0.5) is 20.3 Å². The minimum atomic E-state index is -0.833. The molecule has 0 aliphatic heterocycles. The van der Waals surface area contributed by atoms with Gasteiger partial charge in [0, 0.05) is 18.3 Å². The Morgan fingerprint density at radius 1 is 1.07 bits per heavy atom. The van der Waals surface area contributed by atoms with Crippen molar-refractivity contribution in [2.45, 2.75) is 6.42 Å². The average Bonchev–Trinajstić information content (AvgIpc) is 2.71. The standard InChI is InChI=1S/C21H19F2N3O2/c1-28-16-7-5-14(6-8-16)9-11-24-19-13-15(10-12-25-19)21(27)26-20-17(22)3-2-4-18(20)23/h2-8,10,12-13H,9,11H2,1H3,(H,24,25)(H,26,27). The van der Waals surface area contributed by atoms with Crippen LogP contribution < -0.4 is 15.4 Å². The molecule has 0 spiro atoms. The average molecular weight is 383 g/mol. The first-order valence-electron chi connectivity index (χ1n) is 8.65. The van der Waals surface area contributed by atoms with Gasteiger partial charge in [0.15, 0.2) is 0 Å². The zero-order valence-corrected chi connectivity index (χ0v) is 15.2. The van der Waals surface area contributed by atoms with Gasteiger partial charge in [0.2, 0.25) is 0 Å². The van der Waals surface area contributed by atoms with Crippen molar-refractivity contribution in [1.29, 1.82) is 0 Å². The van der Waals surface area contributed by atoms with Crippen LogP contribution in [0.2, 0.25) is 0 Å². The van der Waals surface area contributed by atoms with Crippen LogP contribution in [-0.4, -0.2) is 24.5 Å². The lowest BCUT2D eigenvalue weighted by molar-refractivity contribution is 0.102. The van der Waals surface area contributed by atoms with E-state index < -0.39 is 23.2 Å². The van der Waals surface area contributed by atoms with Crippen molar-refractivity contribution in [3.05, 3.63) is 83.6 Å². The molecule has 0 fully saturated rings. The smallest absolute Gasteiger partial charge is 0.256 e. The highest BCUT2D eigenvalue weighted by Crippen LogP contribution is 2.19. The molecule has 0 aliphatic carbocycles. The Morgan fingerprint density at radius 3 is 2.46 bits per heavy atom. The van der Waals surface area contributed by atoms with Crippen molar-refractivity contribution in [3.63, 3.8) is 0 Å². The summed E-state index contributed by atoms with van der Waals surface area (Å²) in [5, 5.41) is 5.39. The maximum atomic E-state index is 13.7. The maximum Gasteiger partial charge on any atom is 0.256 e. The maximum absolute atomic E-state index is 13.7. The van der Waals surface area contributed by atoms with E-state index in [1.54, 1.807) is 7.11 Å². The van der Waals surface area contributed by atoms with Gasteiger partial charge in [0.25, 0.3) is 5.91 Å². The third-order valence-corrected chi connectivity index (χ3v) is 4.10. The number of pyridine rings is 1. The van der Waals surface area contributed by atoms with E-state index in [4.69, 9.17) is 4.74 Å². The van der Waals surface area contributed by atoms with Gasteiger partial charge in [-0.2, -0.15) is 0 Å². The van der Waals surface area contributed by atoms with E-state index in [-0.39, 0.29) is 5.56 Å². The van der Waals surface area contributed by atoms with Crippen LogP contribution in [0.1, 0.15) is 15.9 Å². The van der Waals surface area contributed by atoms with Gasteiger partial charge in [-0.1, -0.05) is 18.2 Å². The van der Waals surface area contributed by atoms with Crippen molar-refractivity contribution in [3.8, 4) is 5.75 Å². The van der Waals surface area contributed by atoms with Crippen molar-refractivity contribution in [2.24, 2.45) is 0 Å². The third-order valence-electron chi connectivity index (χ3n) is 4.10. The van der Waals surface area contributed by atoms with Crippen molar-refractivity contribution in [1.82, 2.24) is 4.98 Å². The highest BCUT2D eigenvalue weighted by Gasteiger charge is 2.14. The van der Waals surface area contributed by atoms with Gasteiger partial charge in [0.05, 0.1) is 7.11 Å². The summed E-state index contributed by atoms with van der Waals surface area (Å²) in [7, 11) is 1.62. The summed E-state index contributed by atoms with van der Waals surface area (Å²) < 4.78 is 32.5. The number of carbonyl (C=O) groups is 1. The van der Waals surface area contributed by atoms with E-state index >= 15 is 0 Å². The molecule has 0 radical (unpaired) electrons. The summed E-state index contributed by atoms with van der Waals surface area (Å²) in [5.41, 5.74) is 0.889. The number of nitrogens with zero attached hydrogens (tertiary/aromatic N) is 1. The molecule has 7 heteroatoms. The Kier molecular flexibility index (Phi) is 6.16. The number of hydrogen-bond donors (Lipinski definition) is 2. The van der Waals surface area contributed by atoms with Gasteiger partial charge in [-0.3, -0.25) is 4.79 Å². The number of carbonyl (C=O) groups excluding carboxylic acids is 1. The molecule has 1 aromatic heterocycles. The topological polar surface area (TPSA) is 63.2 Å². The number of amides is 1. The lowest BCUT2D eigenvalue weighted by atomic mass is 10.1. The largest absolute Gasteiger partial charge is 0.497 e. The summed E-state index contributed by atoms with van der Waals surface area (Å²) in [6.07, 6.45) is 2.21. The molecule has 0 unspecified atom stereocenters. The number of aromatic nitrogens is 1. The minimum Gasteiger partial charge on any atom is -0.497 e. The second-order valence-corrected chi connectivity index (χ2v) is 6.01. The minimum absolute atomic E-state index is 0.240. The number of rotatable bonds is 7. The number of nitrogens with one attached hydrogen (secondary N) is 2. The number of anilines is 2. The van der Waals surface area contributed by atoms with Gasteiger partial charge in [-0.05, 0) is 48.4 Å². The van der Waals surface area contributed by atoms with Gasteiger partial charge in [-0.25, -0.2) is 13.8 Å². The van der Waals surface area contributed by atoms with E-state index in [9.17, 15) is 13.6 Å². The van der Waals surface area contributed by atoms with Crippen LogP contribution in [0.15, 0.2) is 60.8 Å². The number of benzene rings is 2. The monoisotopic (exact) mass is 383 g/mol. The molecule has 0 saturated heterocycles. The number of halogens is 2. The Labute approximate surface area is 161 Å². The molecule has 2 aromatic carbocycles. The van der Waals surface area contributed by atoms with Crippen LogP contribution in [0.25, 0.3) is 0 Å². The number of hydrogen-bond acceptors (Lipinski definition) is 4. The van der Waals surface area contributed by atoms with Gasteiger partial charge in [-0.15, -0.1) is 0 Å². The summed E-state index contributed by atoms with van der Waals surface area (Å²) in [4.78, 5) is 16.5. The van der Waals surface area contributed by atoms with Crippen LogP contribution in [0.5, 0.6) is 5.75 Å². The van der Waals surface area contributed by atoms with E-state index in [1.807, 2.05) is 24.3 Å². The quantitative estimate of drug-likeness (QED) is 0.639. The third kappa shape index (κ3) is 4.82. The van der Waals surface area contributed by atoms with Crippen LogP contribution in [-0.2, 0) is 6.42 Å². The molecule has 5 nitrogen and oxygen atoms in total. The van der Waals surface area contributed by atoms with Crippen LogP contribution in [0.3, 0.4) is 0 Å². The van der Waals surface area contributed by atoms with Crippen LogP contribution >= 0.6 is 0 Å². The lowest BCUT2D eigenvalue weighted by Gasteiger charge is -2.10. The molecule has 0 bridgehead atoms. The normalized spacial score (nSPS) is 10.4. The molecule has 0 saturated carbocycles. The molecule has 2 N–H and O–H groups in total. The Bertz CT molecular complexity index is 942. The molecule has 144 valence electrons. The first kappa shape index (κ1) is 19.3. The molecule has 28 heavy (non-hydrogen) atoms. The first-order chi connectivity index (χ1) is 13.6. The zero-order valence-electron chi connectivity index (χ0n) is 15.2. The molecular weight excluding hydrogens is 364 g/mol. The Balaban J connectivity index is 1.60. The number of methoxy groups -OCH3 is 1. The fourth-order valence-corrected chi connectivity index (χ4v) is 2.60. The second kappa shape index (κ2) is 8.94. The van der Waals surface area contributed by atoms with Crippen molar-refractivity contribution >= 4 is 17.4 Å². The van der Waals surface area contributed by atoms with Crippen LogP contribution in [0, 0.1) is 11.6 Å². The fourth-order valence-electron chi connectivity index (χ4n) is 2.60. The highest BCUT2D eigenvalue weighted by molar-refractivity contribution is 6.04. The van der Waals surface area contributed by atoms with Crippen molar-refractivity contribution < 1.29 is 18.3 Å². The number of ether oxygens (including phenoxy) is 1. The van der Waals surface area contributed by atoms with E-state index in [0.29, 0.717) is 12.4 Å². The summed E-state index contributed by atoms with van der Waals surface area (Å²) in [5.74, 6) is -0.997. The molecule has 3 aromatic rings. The van der Waals surface area contributed by atoms with Gasteiger partial charge < -0.3 is 15.4 Å². The fraction of sp³-hybridized carbons (Fsp3) is 0.143. The molecule has 1 amide bonds. The highest BCUT2D eigenvalue weighted by atomic mass is 19.1. The van der Waals surface area contributed by atoms with E-state index in [1.165, 1.54) is 24.4 Å². The van der Waals surface area contributed by atoms with Crippen molar-refractivity contribution in [2.75, 3.05) is 24.3 Å². The molecule has 1 heterocycles. The Hall–Kier alpha value is -3.48. The van der Waals surface area contributed by atoms with Gasteiger partial charge in [0.1, 0.15) is 28.9 Å². The molecular formula is C21H19F2N3O2. The number of para-hydroxylation sites is 1. The molecule has 0 aliphatic rings. The first-order valence-corrected chi connectivity index (χ1v) is 8.65. The summed E-state index contributed by atoms with van der Waals surface area (Å²) >= 11 is 0. The second-order valence-electron chi connectivity index (χ2n) is 6.01. The summed E-state index contributed by atoms with van der Waals surface area (Å²) in [6.45, 7) is 0.604. The SMILES string of the molecule is COc1ccc(CCNc2cc(C(=O)Nc3c(F)cccc3F)ccn2)cc1. The molecule has 0 atom stereocenters. The Morgan fingerprint density at radius 2 is 1.79 bits per heavy atom. The molecule has 3 rings (SSSR count). The van der Waals surface area contributed by atoms with Gasteiger partial charge >= 0.3 is 0 Å². The van der Waals surface area contributed by atoms with E-state index in [2.05, 4.69) is 15.6 Å². The predicted octanol–water partition coefficient (Wildman–Crippen LogP) is 4.28. The zero-order chi connectivity index (χ0) is 19.9. The van der Waals surface area contributed by atoms with E-state index in [0.717, 1.165) is 29.9 Å². The summed E-state index contributed by atoms with van der Waals surface area (Å²) in [6, 6.07) is 14.1. The predicted molar refractivity (Wildman–Crippen MR) is 104 cm³/mol. The lowest BCUT2D eigenvalue weighted by Crippen LogP contribution is -2.15.